The Hall–Kier alpha value is -2.04. The quantitative estimate of drug-likeness (QED) is 0.791. The van der Waals surface area contributed by atoms with Gasteiger partial charge in [0.25, 0.3) is 0 Å². The van der Waals surface area contributed by atoms with E-state index in [1.165, 1.54) is 19.3 Å². The zero-order valence-corrected chi connectivity index (χ0v) is 10.6. The molecule has 5 nitrogen and oxygen atoms in total. The number of anilines is 1. The monoisotopic (exact) mass is 259 g/mol. The van der Waals surface area contributed by atoms with Crippen molar-refractivity contribution in [3.8, 4) is 0 Å². The van der Waals surface area contributed by atoms with Crippen LogP contribution in [0.4, 0.5) is 5.69 Å². The Morgan fingerprint density at radius 3 is 2.84 bits per heavy atom. The standard InChI is InChI=1S/C14H17N3O2/c18-14(19)10-6-7-12-11(8-15-17-12)13(10)16-9-4-2-1-3-5-9/h6-9,16H,1-5H2,(H,15,17)(H,18,19). The fraction of sp³-hybridized carbons (Fsp3) is 0.429. The Bertz CT molecular complexity index is 600. The smallest absolute Gasteiger partial charge is 0.337 e. The fourth-order valence-corrected chi connectivity index (χ4v) is 2.80. The molecule has 0 aliphatic heterocycles. The van der Waals surface area contributed by atoms with E-state index in [1.807, 2.05) is 0 Å². The van der Waals surface area contributed by atoms with E-state index in [1.54, 1.807) is 18.3 Å². The molecule has 1 aliphatic carbocycles. The predicted molar refractivity (Wildman–Crippen MR) is 73.5 cm³/mol. The van der Waals surface area contributed by atoms with Gasteiger partial charge in [0, 0.05) is 11.4 Å². The van der Waals surface area contributed by atoms with Crippen LogP contribution in [0.2, 0.25) is 0 Å². The lowest BCUT2D eigenvalue weighted by molar-refractivity contribution is 0.0698. The Kier molecular flexibility index (Phi) is 3.11. The molecular weight excluding hydrogens is 242 g/mol. The van der Waals surface area contributed by atoms with Gasteiger partial charge in [0.15, 0.2) is 0 Å². The van der Waals surface area contributed by atoms with E-state index >= 15 is 0 Å². The largest absolute Gasteiger partial charge is 0.478 e. The number of aromatic nitrogens is 2. The number of aromatic carboxylic acids is 1. The molecule has 2 aromatic rings. The average Bonchev–Trinajstić information content (AvgIpc) is 2.88. The van der Waals surface area contributed by atoms with Crippen molar-refractivity contribution >= 4 is 22.6 Å². The highest BCUT2D eigenvalue weighted by Crippen LogP contribution is 2.29. The van der Waals surface area contributed by atoms with Crippen LogP contribution >= 0.6 is 0 Å². The van der Waals surface area contributed by atoms with Crippen molar-refractivity contribution in [2.75, 3.05) is 5.32 Å². The summed E-state index contributed by atoms with van der Waals surface area (Å²) >= 11 is 0. The van der Waals surface area contributed by atoms with Crippen LogP contribution in [-0.2, 0) is 0 Å². The minimum Gasteiger partial charge on any atom is -0.478 e. The molecule has 1 aromatic carbocycles. The highest BCUT2D eigenvalue weighted by Gasteiger charge is 2.19. The SMILES string of the molecule is O=C(O)c1ccc2[nH]ncc2c1NC1CCCCC1. The van der Waals surface area contributed by atoms with Crippen molar-refractivity contribution < 1.29 is 9.90 Å². The molecule has 0 saturated heterocycles. The van der Waals surface area contributed by atoms with Gasteiger partial charge in [-0.1, -0.05) is 19.3 Å². The van der Waals surface area contributed by atoms with Crippen molar-refractivity contribution in [3.05, 3.63) is 23.9 Å². The lowest BCUT2D eigenvalue weighted by atomic mass is 9.94. The van der Waals surface area contributed by atoms with E-state index in [4.69, 9.17) is 0 Å². The van der Waals surface area contributed by atoms with Gasteiger partial charge in [0.1, 0.15) is 0 Å². The van der Waals surface area contributed by atoms with Gasteiger partial charge >= 0.3 is 5.97 Å². The summed E-state index contributed by atoms with van der Waals surface area (Å²) in [5, 5.41) is 20.5. The van der Waals surface area contributed by atoms with Crippen LogP contribution < -0.4 is 5.32 Å². The maximum atomic E-state index is 11.4. The lowest BCUT2D eigenvalue weighted by Gasteiger charge is -2.25. The Morgan fingerprint density at radius 1 is 1.32 bits per heavy atom. The van der Waals surface area contributed by atoms with Gasteiger partial charge in [0.05, 0.1) is 23.0 Å². The highest BCUT2D eigenvalue weighted by molar-refractivity contribution is 6.04. The number of fused-ring (bicyclic) bond motifs is 1. The zero-order valence-electron chi connectivity index (χ0n) is 10.6. The first kappa shape index (κ1) is 12.0. The third kappa shape index (κ3) is 2.28. The number of hydrogen-bond acceptors (Lipinski definition) is 3. The number of carbonyl (C=O) groups is 1. The molecule has 1 saturated carbocycles. The van der Waals surface area contributed by atoms with E-state index in [2.05, 4.69) is 15.5 Å². The first-order valence-electron chi connectivity index (χ1n) is 6.71. The molecule has 1 heterocycles. The van der Waals surface area contributed by atoms with Gasteiger partial charge < -0.3 is 10.4 Å². The van der Waals surface area contributed by atoms with Gasteiger partial charge in [-0.25, -0.2) is 4.79 Å². The summed E-state index contributed by atoms with van der Waals surface area (Å²) in [4.78, 5) is 11.4. The number of carboxylic acid groups (broad SMARTS) is 1. The number of hydrogen-bond donors (Lipinski definition) is 3. The van der Waals surface area contributed by atoms with Crippen LogP contribution in [0.15, 0.2) is 18.3 Å². The fourth-order valence-electron chi connectivity index (χ4n) is 2.80. The summed E-state index contributed by atoms with van der Waals surface area (Å²) in [7, 11) is 0. The zero-order chi connectivity index (χ0) is 13.2. The molecule has 0 unspecified atom stereocenters. The van der Waals surface area contributed by atoms with Crippen molar-refractivity contribution in [2.24, 2.45) is 0 Å². The molecule has 0 atom stereocenters. The van der Waals surface area contributed by atoms with Crippen LogP contribution in [0, 0.1) is 0 Å². The van der Waals surface area contributed by atoms with Crippen molar-refractivity contribution in [1.82, 2.24) is 10.2 Å². The van der Waals surface area contributed by atoms with Crippen LogP contribution in [0.5, 0.6) is 0 Å². The molecule has 0 radical (unpaired) electrons. The minimum absolute atomic E-state index is 0.319. The molecule has 0 spiro atoms. The van der Waals surface area contributed by atoms with Gasteiger partial charge in [-0.3, -0.25) is 5.10 Å². The third-order valence-corrected chi connectivity index (χ3v) is 3.81. The molecule has 100 valence electrons. The van der Waals surface area contributed by atoms with Crippen LogP contribution in [0.1, 0.15) is 42.5 Å². The second-order valence-electron chi connectivity index (χ2n) is 5.10. The summed E-state index contributed by atoms with van der Waals surface area (Å²) in [5.74, 6) is -0.901. The van der Waals surface area contributed by atoms with Gasteiger partial charge in [0.2, 0.25) is 0 Å². The number of carboxylic acids is 1. The van der Waals surface area contributed by atoms with E-state index < -0.39 is 5.97 Å². The maximum Gasteiger partial charge on any atom is 0.337 e. The second kappa shape index (κ2) is 4.91. The van der Waals surface area contributed by atoms with E-state index in [0.29, 0.717) is 17.3 Å². The molecule has 1 fully saturated rings. The molecular formula is C14H17N3O2. The predicted octanol–water partition coefficient (Wildman–Crippen LogP) is 3.01. The molecule has 19 heavy (non-hydrogen) atoms. The molecule has 0 amide bonds. The highest BCUT2D eigenvalue weighted by atomic mass is 16.4. The van der Waals surface area contributed by atoms with Crippen LogP contribution in [-0.4, -0.2) is 27.3 Å². The van der Waals surface area contributed by atoms with Gasteiger partial charge in [-0.2, -0.15) is 5.10 Å². The van der Waals surface area contributed by atoms with Gasteiger partial charge in [-0.05, 0) is 25.0 Å². The molecule has 5 heteroatoms. The Morgan fingerprint density at radius 2 is 2.11 bits per heavy atom. The number of H-pyrrole nitrogens is 1. The molecule has 3 rings (SSSR count). The lowest BCUT2D eigenvalue weighted by Crippen LogP contribution is -2.23. The maximum absolute atomic E-state index is 11.4. The van der Waals surface area contributed by atoms with Crippen molar-refractivity contribution in [1.29, 1.82) is 0 Å². The number of nitrogens with one attached hydrogen (secondary N) is 2. The van der Waals surface area contributed by atoms with Crippen molar-refractivity contribution in [2.45, 2.75) is 38.1 Å². The Balaban J connectivity index is 2.00. The summed E-state index contributed by atoms with van der Waals surface area (Å²) < 4.78 is 0. The van der Waals surface area contributed by atoms with E-state index in [9.17, 15) is 9.90 Å². The Labute approximate surface area is 111 Å². The number of aromatic amines is 1. The topological polar surface area (TPSA) is 78.0 Å². The van der Waals surface area contributed by atoms with Crippen molar-refractivity contribution in [3.63, 3.8) is 0 Å². The van der Waals surface area contributed by atoms with Crippen LogP contribution in [0.25, 0.3) is 10.9 Å². The normalized spacial score (nSPS) is 16.6. The molecule has 1 aliphatic rings. The first-order valence-corrected chi connectivity index (χ1v) is 6.71. The first-order chi connectivity index (χ1) is 9.25. The molecule has 1 aromatic heterocycles. The van der Waals surface area contributed by atoms with Crippen LogP contribution in [0.3, 0.4) is 0 Å². The number of rotatable bonds is 3. The number of benzene rings is 1. The summed E-state index contributed by atoms with van der Waals surface area (Å²) in [6.07, 6.45) is 7.59. The summed E-state index contributed by atoms with van der Waals surface area (Å²) in [5.41, 5.74) is 1.88. The second-order valence-corrected chi connectivity index (χ2v) is 5.10. The average molecular weight is 259 g/mol. The minimum atomic E-state index is -0.901. The molecule has 3 N–H and O–H groups in total. The molecule has 0 bridgehead atoms. The van der Waals surface area contributed by atoms with Gasteiger partial charge in [-0.15, -0.1) is 0 Å². The van der Waals surface area contributed by atoms with E-state index in [-0.39, 0.29) is 0 Å². The number of nitrogens with zero attached hydrogens (tertiary/aromatic N) is 1. The summed E-state index contributed by atoms with van der Waals surface area (Å²) in [6.45, 7) is 0. The van der Waals surface area contributed by atoms with E-state index in [0.717, 1.165) is 23.7 Å². The third-order valence-electron chi connectivity index (χ3n) is 3.81. The summed E-state index contributed by atoms with van der Waals surface area (Å²) in [6, 6.07) is 3.76.